The van der Waals surface area contributed by atoms with Crippen molar-refractivity contribution in [2.45, 2.75) is 6.10 Å². The van der Waals surface area contributed by atoms with Crippen LogP contribution in [-0.2, 0) is 9.53 Å². The first-order chi connectivity index (χ1) is 13.2. The lowest BCUT2D eigenvalue weighted by atomic mass is 10.1. The summed E-state index contributed by atoms with van der Waals surface area (Å²) in [6.45, 7) is 0.0991. The molecule has 6 heteroatoms. The molecule has 2 heterocycles. The number of esters is 1. The molecule has 6 nitrogen and oxygen atoms in total. The molecular weight excluding hydrogens is 344 g/mol. The molecule has 1 aromatic heterocycles. The first-order valence-electron chi connectivity index (χ1n) is 8.56. The second-order valence-corrected chi connectivity index (χ2v) is 6.15. The van der Waals surface area contributed by atoms with Crippen LogP contribution in [0.1, 0.15) is 10.4 Å². The van der Waals surface area contributed by atoms with Crippen molar-refractivity contribution < 1.29 is 19.1 Å². The molecule has 0 saturated heterocycles. The molecule has 0 N–H and O–H groups in total. The summed E-state index contributed by atoms with van der Waals surface area (Å²) in [6, 6.07) is 18.4. The van der Waals surface area contributed by atoms with Gasteiger partial charge in [0.2, 0.25) is 6.10 Å². The van der Waals surface area contributed by atoms with Crippen LogP contribution in [0.15, 0.2) is 73.1 Å². The standard InChI is InChI=1S/C21H18N2O4/c1-26-21(25)19-14-23(17-6-2-3-7-18(17)27-19)20(24)15-8-10-16(11-9-15)22-12-4-5-13-22/h2-13,19H,14H2,1H3. The molecule has 0 radical (unpaired) electrons. The maximum Gasteiger partial charge on any atom is 0.348 e. The number of nitrogens with zero attached hydrogens (tertiary/aromatic N) is 2. The van der Waals surface area contributed by atoms with Gasteiger partial charge in [-0.3, -0.25) is 4.79 Å². The van der Waals surface area contributed by atoms with Gasteiger partial charge in [-0.05, 0) is 48.5 Å². The lowest BCUT2D eigenvalue weighted by molar-refractivity contribution is -0.148. The number of rotatable bonds is 3. The van der Waals surface area contributed by atoms with Crippen LogP contribution in [0.5, 0.6) is 5.75 Å². The highest BCUT2D eigenvalue weighted by atomic mass is 16.6. The van der Waals surface area contributed by atoms with Gasteiger partial charge in [-0.2, -0.15) is 0 Å². The molecule has 4 rings (SSSR count). The van der Waals surface area contributed by atoms with Gasteiger partial charge in [0, 0.05) is 23.6 Å². The Kier molecular flexibility index (Phi) is 4.38. The number of carbonyl (C=O) groups is 2. The SMILES string of the molecule is COC(=O)C1CN(C(=O)c2ccc(-n3cccc3)cc2)c2ccccc2O1. The van der Waals surface area contributed by atoms with E-state index in [9.17, 15) is 9.59 Å². The van der Waals surface area contributed by atoms with E-state index >= 15 is 0 Å². The summed E-state index contributed by atoms with van der Waals surface area (Å²) in [5.41, 5.74) is 2.13. The van der Waals surface area contributed by atoms with Crippen molar-refractivity contribution in [1.82, 2.24) is 4.57 Å². The fraction of sp³-hybridized carbons (Fsp3) is 0.143. The number of amides is 1. The first kappa shape index (κ1) is 16.9. The van der Waals surface area contributed by atoms with Gasteiger partial charge in [0.15, 0.2) is 0 Å². The summed E-state index contributed by atoms with van der Waals surface area (Å²) < 4.78 is 12.5. The van der Waals surface area contributed by atoms with Crippen molar-refractivity contribution >= 4 is 17.6 Å². The molecule has 0 saturated carbocycles. The number of hydrogen-bond acceptors (Lipinski definition) is 4. The fourth-order valence-corrected chi connectivity index (χ4v) is 3.12. The van der Waals surface area contributed by atoms with E-state index in [0.29, 0.717) is 17.0 Å². The Balaban J connectivity index is 1.64. The fourth-order valence-electron chi connectivity index (χ4n) is 3.12. The minimum atomic E-state index is -0.854. The minimum absolute atomic E-state index is 0.0991. The summed E-state index contributed by atoms with van der Waals surface area (Å²) in [4.78, 5) is 26.7. The van der Waals surface area contributed by atoms with E-state index in [1.165, 1.54) is 7.11 Å². The number of methoxy groups -OCH3 is 1. The van der Waals surface area contributed by atoms with Gasteiger partial charge < -0.3 is 18.9 Å². The van der Waals surface area contributed by atoms with Crippen molar-refractivity contribution in [3.05, 3.63) is 78.6 Å². The molecule has 1 aliphatic rings. The number of para-hydroxylation sites is 2. The van der Waals surface area contributed by atoms with E-state index in [4.69, 9.17) is 9.47 Å². The molecule has 1 unspecified atom stereocenters. The lowest BCUT2D eigenvalue weighted by Gasteiger charge is -2.33. The summed E-state index contributed by atoms with van der Waals surface area (Å²) in [6.07, 6.45) is 3.03. The monoisotopic (exact) mass is 362 g/mol. The maximum absolute atomic E-state index is 13.1. The second kappa shape index (κ2) is 6.99. The number of fused-ring (bicyclic) bond motifs is 1. The molecule has 136 valence electrons. The molecule has 3 aromatic rings. The van der Waals surface area contributed by atoms with E-state index in [1.807, 2.05) is 47.3 Å². The van der Waals surface area contributed by atoms with Crippen molar-refractivity contribution in [2.24, 2.45) is 0 Å². The average molecular weight is 362 g/mol. The second-order valence-electron chi connectivity index (χ2n) is 6.15. The maximum atomic E-state index is 13.1. The van der Waals surface area contributed by atoms with Gasteiger partial charge in [-0.15, -0.1) is 0 Å². The summed E-state index contributed by atoms with van der Waals surface area (Å²) >= 11 is 0. The Morgan fingerprint density at radius 2 is 1.70 bits per heavy atom. The van der Waals surface area contributed by atoms with E-state index < -0.39 is 12.1 Å². The number of anilines is 1. The predicted octanol–water partition coefficient (Wildman–Crippen LogP) is 3.06. The zero-order valence-corrected chi connectivity index (χ0v) is 14.7. The van der Waals surface area contributed by atoms with Crippen LogP contribution in [0.3, 0.4) is 0 Å². The number of hydrogen-bond donors (Lipinski definition) is 0. The van der Waals surface area contributed by atoms with E-state index in [1.54, 1.807) is 35.2 Å². The zero-order chi connectivity index (χ0) is 18.8. The highest BCUT2D eigenvalue weighted by molar-refractivity contribution is 6.07. The molecule has 0 fully saturated rings. The van der Waals surface area contributed by atoms with Crippen LogP contribution in [-0.4, -0.2) is 36.2 Å². The number of benzene rings is 2. The van der Waals surface area contributed by atoms with Crippen LogP contribution >= 0.6 is 0 Å². The number of carbonyl (C=O) groups excluding carboxylic acids is 2. The van der Waals surface area contributed by atoms with E-state index in [2.05, 4.69) is 0 Å². The van der Waals surface area contributed by atoms with Gasteiger partial charge >= 0.3 is 5.97 Å². The van der Waals surface area contributed by atoms with Gasteiger partial charge in [0.25, 0.3) is 5.91 Å². The average Bonchev–Trinajstić information content (AvgIpc) is 3.27. The topological polar surface area (TPSA) is 60.8 Å². The zero-order valence-electron chi connectivity index (χ0n) is 14.7. The largest absolute Gasteiger partial charge is 0.475 e. The van der Waals surface area contributed by atoms with Gasteiger partial charge in [0.05, 0.1) is 19.3 Å². The third kappa shape index (κ3) is 3.17. The molecule has 2 aromatic carbocycles. The third-order valence-corrected chi connectivity index (χ3v) is 4.50. The number of aromatic nitrogens is 1. The summed E-state index contributed by atoms with van der Waals surface area (Å²) in [5, 5.41) is 0. The highest BCUT2D eigenvalue weighted by Gasteiger charge is 2.34. The molecule has 0 bridgehead atoms. The van der Waals surface area contributed by atoms with Crippen molar-refractivity contribution in [3.63, 3.8) is 0 Å². The van der Waals surface area contributed by atoms with Crippen LogP contribution in [0, 0.1) is 0 Å². The Morgan fingerprint density at radius 3 is 2.41 bits per heavy atom. The van der Waals surface area contributed by atoms with Crippen molar-refractivity contribution in [2.75, 3.05) is 18.6 Å². The normalized spacial score (nSPS) is 15.6. The predicted molar refractivity (Wildman–Crippen MR) is 100 cm³/mol. The highest BCUT2D eigenvalue weighted by Crippen LogP contribution is 2.34. The van der Waals surface area contributed by atoms with Crippen LogP contribution < -0.4 is 9.64 Å². The Morgan fingerprint density at radius 1 is 1.00 bits per heavy atom. The minimum Gasteiger partial charge on any atom is -0.475 e. The van der Waals surface area contributed by atoms with Crippen molar-refractivity contribution in [3.8, 4) is 11.4 Å². The van der Waals surface area contributed by atoms with E-state index in [0.717, 1.165) is 5.69 Å². The Hall–Kier alpha value is -3.54. The van der Waals surface area contributed by atoms with Crippen LogP contribution in [0.25, 0.3) is 5.69 Å². The van der Waals surface area contributed by atoms with Crippen LogP contribution in [0.4, 0.5) is 5.69 Å². The van der Waals surface area contributed by atoms with E-state index in [-0.39, 0.29) is 12.5 Å². The Labute approximate surface area is 156 Å². The molecular formula is C21H18N2O4. The summed E-state index contributed by atoms with van der Waals surface area (Å²) in [7, 11) is 1.30. The molecule has 1 atom stereocenters. The van der Waals surface area contributed by atoms with Gasteiger partial charge in [-0.1, -0.05) is 12.1 Å². The third-order valence-electron chi connectivity index (χ3n) is 4.50. The molecule has 27 heavy (non-hydrogen) atoms. The van der Waals surface area contributed by atoms with Gasteiger partial charge in [-0.25, -0.2) is 4.79 Å². The first-order valence-corrected chi connectivity index (χ1v) is 8.56. The quantitative estimate of drug-likeness (QED) is 0.672. The molecule has 0 aliphatic carbocycles. The summed E-state index contributed by atoms with van der Waals surface area (Å²) in [5.74, 6) is -0.222. The lowest BCUT2D eigenvalue weighted by Crippen LogP contribution is -2.47. The molecule has 1 amide bonds. The van der Waals surface area contributed by atoms with Crippen LogP contribution in [0.2, 0.25) is 0 Å². The molecule has 1 aliphatic heterocycles. The Bertz CT molecular complexity index is 964. The molecule has 0 spiro atoms. The van der Waals surface area contributed by atoms with Gasteiger partial charge in [0.1, 0.15) is 5.75 Å². The smallest absolute Gasteiger partial charge is 0.348 e. The van der Waals surface area contributed by atoms with Crippen molar-refractivity contribution in [1.29, 1.82) is 0 Å². The number of ether oxygens (including phenoxy) is 2.